The fraction of sp³-hybridized carbons (Fsp3) is 0.882. The maximum Gasteiger partial charge on any atom is 0.411 e. The standard InChI is InChI=1S/C17H31F3N4O3/c1-5-21-14(22-8-6-10-26-12-17(18,19)20)24-9-7-13(11-24)23-15(25)27-16(2,3)4/h13H,5-12H2,1-4H3,(H,21,22)(H,23,25). The van der Waals surface area contributed by atoms with Gasteiger partial charge in [0.25, 0.3) is 0 Å². The van der Waals surface area contributed by atoms with Crippen LogP contribution in [0.2, 0.25) is 0 Å². The predicted octanol–water partition coefficient (Wildman–Crippen LogP) is 2.52. The van der Waals surface area contributed by atoms with E-state index >= 15 is 0 Å². The summed E-state index contributed by atoms with van der Waals surface area (Å²) in [6.07, 6.45) is -3.58. The summed E-state index contributed by atoms with van der Waals surface area (Å²) in [5, 5.41) is 6.01. The van der Waals surface area contributed by atoms with Crippen LogP contribution in [0.5, 0.6) is 0 Å². The van der Waals surface area contributed by atoms with Crippen LogP contribution in [0.1, 0.15) is 40.5 Å². The SMILES string of the molecule is CCNC(=NCCCOCC(F)(F)F)N1CCC(NC(=O)OC(C)(C)C)C1. The van der Waals surface area contributed by atoms with E-state index in [-0.39, 0.29) is 12.6 Å². The maximum atomic E-state index is 12.0. The van der Waals surface area contributed by atoms with E-state index in [1.807, 2.05) is 32.6 Å². The Morgan fingerprint density at radius 2 is 2.00 bits per heavy atom. The molecule has 1 rings (SSSR count). The first-order valence-electron chi connectivity index (χ1n) is 9.17. The number of carbonyl (C=O) groups is 1. The van der Waals surface area contributed by atoms with Crippen LogP contribution in [0.15, 0.2) is 4.99 Å². The van der Waals surface area contributed by atoms with E-state index in [0.29, 0.717) is 32.0 Å². The monoisotopic (exact) mass is 396 g/mol. The number of hydrogen-bond donors (Lipinski definition) is 2. The van der Waals surface area contributed by atoms with Crippen LogP contribution < -0.4 is 10.6 Å². The Morgan fingerprint density at radius 1 is 1.30 bits per heavy atom. The third-order valence-corrected chi connectivity index (χ3v) is 3.52. The number of nitrogens with one attached hydrogen (secondary N) is 2. The van der Waals surface area contributed by atoms with E-state index in [1.54, 1.807) is 0 Å². The van der Waals surface area contributed by atoms with Gasteiger partial charge in [0.1, 0.15) is 12.2 Å². The number of carbonyl (C=O) groups excluding carboxylic acids is 1. The Morgan fingerprint density at radius 3 is 2.59 bits per heavy atom. The average Bonchev–Trinajstić information content (AvgIpc) is 2.94. The molecule has 1 saturated heterocycles. The smallest absolute Gasteiger partial charge is 0.411 e. The second-order valence-electron chi connectivity index (χ2n) is 7.33. The van der Waals surface area contributed by atoms with Crippen molar-refractivity contribution in [2.75, 3.05) is 39.4 Å². The van der Waals surface area contributed by atoms with Crippen molar-refractivity contribution in [2.24, 2.45) is 4.99 Å². The molecular weight excluding hydrogens is 365 g/mol. The molecule has 1 aliphatic rings. The molecule has 1 aliphatic heterocycles. The van der Waals surface area contributed by atoms with E-state index in [2.05, 4.69) is 20.4 Å². The van der Waals surface area contributed by atoms with Crippen LogP contribution in [0.3, 0.4) is 0 Å². The van der Waals surface area contributed by atoms with Crippen molar-refractivity contribution in [1.29, 1.82) is 0 Å². The topological polar surface area (TPSA) is 75.2 Å². The van der Waals surface area contributed by atoms with Crippen LogP contribution in [-0.4, -0.2) is 74.2 Å². The third kappa shape index (κ3) is 10.9. The zero-order valence-electron chi connectivity index (χ0n) is 16.5. The van der Waals surface area contributed by atoms with Crippen LogP contribution in [0.4, 0.5) is 18.0 Å². The molecule has 0 radical (unpaired) electrons. The Bertz CT molecular complexity index is 493. The van der Waals surface area contributed by atoms with E-state index in [0.717, 1.165) is 13.0 Å². The number of hydrogen-bond acceptors (Lipinski definition) is 4. The van der Waals surface area contributed by atoms with Gasteiger partial charge in [0.05, 0.1) is 6.04 Å². The highest BCUT2D eigenvalue weighted by Crippen LogP contribution is 2.14. The van der Waals surface area contributed by atoms with Gasteiger partial charge in [-0.1, -0.05) is 0 Å². The molecule has 1 atom stereocenters. The molecule has 1 heterocycles. The van der Waals surface area contributed by atoms with Gasteiger partial charge in [-0.15, -0.1) is 0 Å². The molecule has 0 bridgehead atoms. The minimum Gasteiger partial charge on any atom is -0.444 e. The molecule has 0 aromatic rings. The first-order valence-corrected chi connectivity index (χ1v) is 9.17. The summed E-state index contributed by atoms with van der Waals surface area (Å²) in [6, 6.07) is -0.0428. The van der Waals surface area contributed by atoms with Crippen molar-refractivity contribution < 1.29 is 27.4 Å². The van der Waals surface area contributed by atoms with Gasteiger partial charge >= 0.3 is 12.3 Å². The summed E-state index contributed by atoms with van der Waals surface area (Å²) in [4.78, 5) is 18.3. The summed E-state index contributed by atoms with van der Waals surface area (Å²) >= 11 is 0. The number of alkyl carbamates (subject to hydrolysis) is 1. The molecule has 0 aromatic heterocycles. The highest BCUT2D eigenvalue weighted by atomic mass is 19.4. The second-order valence-corrected chi connectivity index (χ2v) is 7.33. The lowest BCUT2D eigenvalue weighted by Gasteiger charge is -2.23. The Hall–Kier alpha value is -1.71. The van der Waals surface area contributed by atoms with Crippen molar-refractivity contribution in [1.82, 2.24) is 15.5 Å². The molecule has 1 unspecified atom stereocenters. The average molecular weight is 396 g/mol. The van der Waals surface area contributed by atoms with Crippen molar-refractivity contribution >= 4 is 12.1 Å². The number of nitrogens with zero attached hydrogens (tertiary/aromatic N) is 2. The summed E-state index contributed by atoms with van der Waals surface area (Å²) in [6.45, 7) is 8.48. The molecule has 0 spiro atoms. The Balaban J connectivity index is 2.41. The van der Waals surface area contributed by atoms with Crippen LogP contribution in [-0.2, 0) is 9.47 Å². The Kier molecular flexibility index (Phi) is 9.14. The molecule has 1 fully saturated rings. The molecule has 7 nitrogen and oxygen atoms in total. The predicted molar refractivity (Wildman–Crippen MR) is 96.8 cm³/mol. The molecular formula is C17H31F3N4O3. The molecule has 2 N–H and O–H groups in total. The van der Waals surface area contributed by atoms with Crippen molar-refractivity contribution in [3.05, 3.63) is 0 Å². The van der Waals surface area contributed by atoms with Crippen molar-refractivity contribution in [3.63, 3.8) is 0 Å². The van der Waals surface area contributed by atoms with Crippen molar-refractivity contribution in [3.8, 4) is 0 Å². The zero-order chi connectivity index (χ0) is 20.5. The molecule has 0 aromatic carbocycles. The molecule has 0 aliphatic carbocycles. The van der Waals surface area contributed by atoms with Gasteiger partial charge in [-0.2, -0.15) is 13.2 Å². The molecule has 158 valence electrons. The first kappa shape index (κ1) is 23.3. The number of alkyl halides is 3. The van der Waals surface area contributed by atoms with Crippen LogP contribution >= 0.6 is 0 Å². The summed E-state index contributed by atoms with van der Waals surface area (Å²) in [5.74, 6) is 0.682. The van der Waals surface area contributed by atoms with Crippen LogP contribution in [0, 0.1) is 0 Å². The van der Waals surface area contributed by atoms with Gasteiger partial charge in [-0.3, -0.25) is 4.99 Å². The minimum absolute atomic E-state index is 0.00520. The summed E-state index contributed by atoms with van der Waals surface area (Å²) in [5.41, 5.74) is -0.549. The second kappa shape index (κ2) is 10.6. The largest absolute Gasteiger partial charge is 0.444 e. The van der Waals surface area contributed by atoms with E-state index in [9.17, 15) is 18.0 Å². The number of guanidine groups is 1. The minimum atomic E-state index is -4.30. The maximum absolute atomic E-state index is 12.0. The Labute approximate surface area is 158 Å². The van der Waals surface area contributed by atoms with Crippen LogP contribution in [0.25, 0.3) is 0 Å². The number of amides is 1. The summed E-state index contributed by atoms with van der Waals surface area (Å²) in [7, 11) is 0. The van der Waals surface area contributed by atoms with Gasteiger partial charge < -0.3 is 25.0 Å². The normalized spacial score (nSPS) is 18.6. The molecule has 27 heavy (non-hydrogen) atoms. The molecule has 0 saturated carbocycles. The zero-order valence-corrected chi connectivity index (χ0v) is 16.5. The van der Waals surface area contributed by atoms with E-state index in [1.165, 1.54) is 0 Å². The highest BCUT2D eigenvalue weighted by Gasteiger charge is 2.28. The number of aliphatic imine (C=N–C) groups is 1. The van der Waals surface area contributed by atoms with Gasteiger partial charge in [0.2, 0.25) is 0 Å². The fourth-order valence-electron chi connectivity index (χ4n) is 2.51. The van der Waals surface area contributed by atoms with Gasteiger partial charge in [-0.25, -0.2) is 4.79 Å². The lowest BCUT2D eigenvalue weighted by atomic mass is 10.2. The quantitative estimate of drug-likeness (QED) is 0.393. The van der Waals surface area contributed by atoms with Gasteiger partial charge in [-0.05, 0) is 40.5 Å². The molecule has 10 heteroatoms. The van der Waals surface area contributed by atoms with Gasteiger partial charge in [0, 0.05) is 32.8 Å². The number of rotatable bonds is 7. The molecule has 1 amide bonds. The third-order valence-electron chi connectivity index (χ3n) is 3.52. The lowest BCUT2D eigenvalue weighted by Crippen LogP contribution is -2.44. The van der Waals surface area contributed by atoms with Crippen molar-refractivity contribution in [2.45, 2.75) is 58.4 Å². The summed E-state index contributed by atoms with van der Waals surface area (Å²) < 4.78 is 45.9. The van der Waals surface area contributed by atoms with E-state index in [4.69, 9.17) is 4.74 Å². The van der Waals surface area contributed by atoms with Gasteiger partial charge in [0.15, 0.2) is 5.96 Å². The fourth-order valence-corrected chi connectivity index (χ4v) is 2.51. The first-order chi connectivity index (χ1) is 12.5. The highest BCUT2D eigenvalue weighted by molar-refractivity contribution is 5.80. The number of halogens is 3. The lowest BCUT2D eigenvalue weighted by molar-refractivity contribution is -0.173. The van der Waals surface area contributed by atoms with E-state index < -0.39 is 24.5 Å². The number of likely N-dealkylation sites (tertiary alicyclic amines) is 1. The number of ether oxygens (including phenoxy) is 2.